The zero-order valence-corrected chi connectivity index (χ0v) is 16.0. The number of rotatable bonds is 7. The van der Waals surface area contributed by atoms with Gasteiger partial charge in [-0.15, -0.1) is 0 Å². The lowest BCUT2D eigenvalue weighted by Crippen LogP contribution is -2.07. The van der Waals surface area contributed by atoms with E-state index in [4.69, 9.17) is 9.47 Å². The van der Waals surface area contributed by atoms with Gasteiger partial charge in [0.25, 0.3) is 0 Å². The minimum absolute atomic E-state index is 0.492. The molecule has 0 saturated heterocycles. The minimum Gasteiger partial charge on any atom is -0.493 e. The summed E-state index contributed by atoms with van der Waals surface area (Å²) in [7, 11) is 3.21. The zero-order chi connectivity index (χ0) is 19.9. The first-order valence-electron chi connectivity index (χ1n) is 8.69. The van der Waals surface area contributed by atoms with Crippen molar-refractivity contribution < 1.29 is 9.47 Å². The van der Waals surface area contributed by atoms with E-state index in [0.717, 1.165) is 11.3 Å². The Morgan fingerprint density at radius 1 is 1.00 bits per heavy atom. The van der Waals surface area contributed by atoms with Crippen molar-refractivity contribution in [1.29, 1.82) is 5.26 Å². The average molecular weight is 375 g/mol. The smallest absolute Gasteiger partial charge is 0.225 e. The third-order valence-electron chi connectivity index (χ3n) is 4.06. The van der Waals surface area contributed by atoms with E-state index in [1.54, 1.807) is 20.3 Å². The van der Waals surface area contributed by atoms with E-state index in [9.17, 15) is 5.26 Å². The molecule has 0 amide bonds. The molecule has 7 heteroatoms. The number of nitrogens with zero attached hydrogens (tertiary/aromatic N) is 3. The summed E-state index contributed by atoms with van der Waals surface area (Å²) in [5.41, 5.74) is 3.07. The van der Waals surface area contributed by atoms with E-state index in [1.807, 2.05) is 49.4 Å². The molecule has 0 bridgehead atoms. The number of nitrogens with one attached hydrogen (secondary N) is 2. The molecule has 0 spiro atoms. The van der Waals surface area contributed by atoms with E-state index in [2.05, 4.69) is 26.7 Å². The Hall–Kier alpha value is -3.79. The molecule has 0 aliphatic carbocycles. The van der Waals surface area contributed by atoms with Gasteiger partial charge < -0.3 is 20.1 Å². The van der Waals surface area contributed by atoms with Gasteiger partial charge in [-0.2, -0.15) is 10.2 Å². The van der Waals surface area contributed by atoms with Crippen LogP contribution in [0.1, 0.15) is 16.8 Å². The summed E-state index contributed by atoms with van der Waals surface area (Å²) >= 11 is 0. The highest BCUT2D eigenvalue weighted by atomic mass is 16.5. The predicted octanol–water partition coefficient (Wildman–Crippen LogP) is 4.03. The van der Waals surface area contributed by atoms with Crippen molar-refractivity contribution in [2.75, 3.05) is 24.9 Å². The SMILES string of the molecule is COc1ccc(CNc2nc(C)cc(Nc3ccccc3C#N)n2)cc1OC. The van der Waals surface area contributed by atoms with Gasteiger partial charge in [0.1, 0.15) is 11.9 Å². The summed E-state index contributed by atoms with van der Waals surface area (Å²) < 4.78 is 10.6. The van der Waals surface area contributed by atoms with E-state index in [0.29, 0.717) is 41.1 Å². The highest BCUT2D eigenvalue weighted by molar-refractivity contribution is 5.65. The monoisotopic (exact) mass is 375 g/mol. The van der Waals surface area contributed by atoms with Gasteiger partial charge in [0.15, 0.2) is 11.5 Å². The Morgan fingerprint density at radius 2 is 1.79 bits per heavy atom. The van der Waals surface area contributed by atoms with Gasteiger partial charge >= 0.3 is 0 Å². The molecule has 0 fully saturated rings. The van der Waals surface area contributed by atoms with Crippen LogP contribution in [0.15, 0.2) is 48.5 Å². The summed E-state index contributed by atoms with van der Waals surface area (Å²) in [6, 6.07) is 17.0. The maximum absolute atomic E-state index is 9.24. The number of methoxy groups -OCH3 is 2. The molecule has 3 rings (SSSR count). The zero-order valence-electron chi connectivity index (χ0n) is 16.0. The fourth-order valence-electron chi connectivity index (χ4n) is 2.71. The number of nitriles is 1. The fraction of sp³-hybridized carbons (Fsp3) is 0.190. The van der Waals surface area contributed by atoms with Gasteiger partial charge in [-0.25, -0.2) is 4.98 Å². The molecule has 2 N–H and O–H groups in total. The molecule has 0 aliphatic rings. The highest BCUT2D eigenvalue weighted by Gasteiger charge is 2.08. The van der Waals surface area contributed by atoms with Crippen molar-refractivity contribution >= 4 is 17.5 Å². The second-order valence-corrected chi connectivity index (χ2v) is 6.04. The number of para-hydroxylation sites is 1. The number of hydrogen-bond acceptors (Lipinski definition) is 7. The van der Waals surface area contributed by atoms with E-state index in [1.165, 1.54) is 0 Å². The van der Waals surface area contributed by atoms with Gasteiger partial charge in [0, 0.05) is 18.3 Å². The quantitative estimate of drug-likeness (QED) is 0.644. The second kappa shape index (κ2) is 8.73. The third kappa shape index (κ3) is 4.48. The molecule has 0 saturated carbocycles. The average Bonchev–Trinajstić information content (AvgIpc) is 2.72. The van der Waals surface area contributed by atoms with Crippen LogP contribution >= 0.6 is 0 Å². The first-order valence-corrected chi connectivity index (χ1v) is 8.69. The molecule has 0 aliphatic heterocycles. The van der Waals surface area contributed by atoms with Crippen LogP contribution < -0.4 is 20.1 Å². The number of aromatic nitrogens is 2. The molecule has 1 aromatic heterocycles. The molecule has 2 aromatic carbocycles. The van der Waals surface area contributed by atoms with Crippen molar-refractivity contribution in [1.82, 2.24) is 9.97 Å². The van der Waals surface area contributed by atoms with Crippen LogP contribution in [-0.4, -0.2) is 24.2 Å². The summed E-state index contributed by atoms with van der Waals surface area (Å²) in [5, 5.41) is 15.6. The lowest BCUT2D eigenvalue weighted by molar-refractivity contribution is 0.354. The largest absolute Gasteiger partial charge is 0.493 e. The maximum Gasteiger partial charge on any atom is 0.225 e. The van der Waals surface area contributed by atoms with Gasteiger partial charge in [0.2, 0.25) is 5.95 Å². The summed E-state index contributed by atoms with van der Waals surface area (Å²) in [5.74, 6) is 2.46. The summed E-state index contributed by atoms with van der Waals surface area (Å²) in [4.78, 5) is 8.92. The number of aryl methyl sites for hydroxylation is 1. The number of anilines is 3. The first-order chi connectivity index (χ1) is 13.6. The number of ether oxygens (including phenoxy) is 2. The van der Waals surface area contributed by atoms with Gasteiger partial charge in [-0.3, -0.25) is 0 Å². The molecule has 1 heterocycles. The normalized spacial score (nSPS) is 10.1. The van der Waals surface area contributed by atoms with Crippen LogP contribution in [0.4, 0.5) is 17.5 Å². The predicted molar refractivity (Wildman–Crippen MR) is 108 cm³/mol. The topological polar surface area (TPSA) is 92.1 Å². The van der Waals surface area contributed by atoms with Crippen molar-refractivity contribution in [2.24, 2.45) is 0 Å². The van der Waals surface area contributed by atoms with Crippen molar-refractivity contribution in [3.8, 4) is 17.6 Å². The standard InChI is InChI=1S/C21H21N5O2/c1-14-10-20(25-17-7-5-4-6-16(17)12-22)26-21(24-14)23-13-15-8-9-18(27-2)19(11-15)28-3/h4-11H,13H2,1-3H3,(H2,23,24,25,26). The summed E-state index contributed by atoms with van der Waals surface area (Å²) in [6.07, 6.45) is 0. The lowest BCUT2D eigenvalue weighted by Gasteiger charge is -2.12. The number of benzene rings is 2. The first kappa shape index (κ1) is 19.0. The number of hydrogen-bond donors (Lipinski definition) is 2. The van der Waals surface area contributed by atoms with Gasteiger partial charge in [0.05, 0.1) is 25.5 Å². The molecular weight excluding hydrogens is 354 g/mol. The van der Waals surface area contributed by atoms with Gasteiger partial charge in [-0.05, 0) is 36.8 Å². The molecule has 0 unspecified atom stereocenters. The van der Waals surface area contributed by atoms with Crippen molar-refractivity contribution in [2.45, 2.75) is 13.5 Å². The minimum atomic E-state index is 0.492. The van der Waals surface area contributed by atoms with Gasteiger partial charge in [-0.1, -0.05) is 18.2 Å². The Balaban J connectivity index is 1.76. The molecule has 28 heavy (non-hydrogen) atoms. The van der Waals surface area contributed by atoms with E-state index >= 15 is 0 Å². The third-order valence-corrected chi connectivity index (χ3v) is 4.06. The maximum atomic E-state index is 9.24. The van der Waals surface area contributed by atoms with Crippen LogP contribution in [0, 0.1) is 18.3 Å². The Morgan fingerprint density at radius 3 is 2.54 bits per heavy atom. The van der Waals surface area contributed by atoms with E-state index in [-0.39, 0.29) is 0 Å². The molecular formula is C21H21N5O2. The molecule has 142 valence electrons. The van der Waals surface area contributed by atoms with Crippen LogP contribution in [-0.2, 0) is 6.54 Å². The Labute approximate surface area is 164 Å². The second-order valence-electron chi connectivity index (χ2n) is 6.04. The fourth-order valence-corrected chi connectivity index (χ4v) is 2.71. The van der Waals surface area contributed by atoms with Crippen LogP contribution in [0.5, 0.6) is 11.5 Å². The molecule has 7 nitrogen and oxygen atoms in total. The van der Waals surface area contributed by atoms with Crippen LogP contribution in [0.3, 0.4) is 0 Å². The lowest BCUT2D eigenvalue weighted by atomic mass is 10.2. The highest BCUT2D eigenvalue weighted by Crippen LogP contribution is 2.28. The molecule has 3 aromatic rings. The molecule has 0 radical (unpaired) electrons. The van der Waals surface area contributed by atoms with Crippen LogP contribution in [0.2, 0.25) is 0 Å². The Bertz CT molecular complexity index is 1010. The van der Waals surface area contributed by atoms with E-state index < -0.39 is 0 Å². The summed E-state index contributed by atoms with van der Waals surface area (Å²) in [6.45, 7) is 2.42. The van der Waals surface area contributed by atoms with Crippen LogP contribution in [0.25, 0.3) is 0 Å². The Kier molecular flexibility index (Phi) is 5.92. The van der Waals surface area contributed by atoms with Crippen molar-refractivity contribution in [3.05, 3.63) is 65.4 Å². The molecule has 0 atom stereocenters. The van der Waals surface area contributed by atoms with Crippen molar-refractivity contribution in [3.63, 3.8) is 0 Å².